The fourth-order valence-corrected chi connectivity index (χ4v) is 4.02. The van der Waals surface area contributed by atoms with Gasteiger partial charge >= 0.3 is 18.0 Å². The minimum atomic E-state index is -0.772. The fraction of sp³-hybridized carbons (Fsp3) is 0.588. The Kier molecular flexibility index (Phi) is 6.41. The summed E-state index contributed by atoms with van der Waals surface area (Å²) in [4.78, 5) is 36.3. The lowest BCUT2D eigenvalue weighted by molar-refractivity contribution is -0.142. The van der Waals surface area contributed by atoms with Gasteiger partial charge < -0.3 is 15.2 Å². The number of anilines is 1. The van der Waals surface area contributed by atoms with Crippen LogP contribution in [0.25, 0.3) is 0 Å². The molecule has 7 nitrogen and oxygen atoms in total. The van der Waals surface area contributed by atoms with Gasteiger partial charge in [-0.2, -0.15) is 0 Å². The first-order valence-electron chi connectivity index (χ1n) is 8.40. The maximum atomic E-state index is 12.3. The topological polar surface area (TPSA) is 105 Å². The van der Waals surface area contributed by atoms with Crippen molar-refractivity contribution in [3.63, 3.8) is 0 Å². The van der Waals surface area contributed by atoms with E-state index in [9.17, 15) is 14.4 Å². The van der Waals surface area contributed by atoms with Crippen LogP contribution in [0.1, 0.15) is 53.4 Å². The second kappa shape index (κ2) is 8.33. The van der Waals surface area contributed by atoms with E-state index in [4.69, 9.17) is 9.84 Å². The lowest BCUT2D eigenvalue weighted by Gasteiger charge is -2.26. The van der Waals surface area contributed by atoms with Gasteiger partial charge in [0, 0.05) is 10.9 Å². The molecule has 1 aliphatic carbocycles. The van der Waals surface area contributed by atoms with E-state index in [-0.39, 0.29) is 24.6 Å². The van der Waals surface area contributed by atoms with Crippen LogP contribution >= 0.6 is 11.3 Å². The normalized spacial score (nSPS) is 20.0. The molecule has 2 rings (SSSR count). The van der Waals surface area contributed by atoms with Crippen molar-refractivity contribution in [3.05, 3.63) is 16.0 Å². The van der Waals surface area contributed by atoms with Crippen molar-refractivity contribution in [3.8, 4) is 0 Å². The minimum Gasteiger partial charge on any atom is -0.481 e. The second-order valence-corrected chi connectivity index (χ2v) is 7.42. The van der Waals surface area contributed by atoms with Gasteiger partial charge in [0.1, 0.15) is 5.00 Å². The third kappa shape index (κ3) is 4.72. The molecule has 8 heteroatoms. The molecule has 0 aromatic carbocycles. The van der Waals surface area contributed by atoms with Crippen molar-refractivity contribution in [2.45, 2.75) is 52.5 Å². The highest BCUT2D eigenvalue weighted by Gasteiger charge is 2.27. The van der Waals surface area contributed by atoms with Gasteiger partial charge in [0.15, 0.2) is 0 Å². The Morgan fingerprint density at radius 1 is 1.20 bits per heavy atom. The van der Waals surface area contributed by atoms with Crippen LogP contribution in [-0.2, 0) is 9.53 Å². The number of hydrogen-bond donors (Lipinski definition) is 3. The van der Waals surface area contributed by atoms with Gasteiger partial charge in [-0.25, -0.2) is 9.59 Å². The number of carbonyl (C=O) groups excluding carboxylic acids is 2. The van der Waals surface area contributed by atoms with Crippen LogP contribution in [0.15, 0.2) is 0 Å². The van der Waals surface area contributed by atoms with E-state index >= 15 is 0 Å². The molecule has 0 atom stereocenters. The molecule has 1 aliphatic rings. The molecule has 3 N–H and O–H groups in total. The van der Waals surface area contributed by atoms with Crippen LogP contribution in [0.2, 0.25) is 0 Å². The molecule has 0 spiro atoms. The van der Waals surface area contributed by atoms with Crippen molar-refractivity contribution >= 4 is 34.3 Å². The van der Waals surface area contributed by atoms with Crippen LogP contribution in [0.3, 0.4) is 0 Å². The number of aryl methyl sites for hydroxylation is 1. The number of aliphatic carboxylic acids is 1. The summed E-state index contributed by atoms with van der Waals surface area (Å²) in [6, 6.07) is -0.436. The minimum absolute atomic E-state index is 0.0520. The number of esters is 1. The summed E-state index contributed by atoms with van der Waals surface area (Å²) in [7, 11) is 0. The largest absolute Gasteiger partial charge is 0.481 e. The molecular weight excluding hydrogens is 344 g/mol. The molecule has 1 heterocycles. The molecule has 0 bridgehead atoms. The number of thiophene rings is 1. The Morgan fingerprint density at radius 2 is 1.84 bits per heavy atom. The highest BCUT2D eigenvalue weighted by Crippen LogP contribution is 2.33. The summed E-state index contributed by atoms with van der Waals surface area (Å²) in [6.45, 7) is 5.72. The predicted molar refractivity (Wildman–Crippen MR) is 95.3 cm³/mol. The summed E-state index contributed by atoms with van der Waals surface area (Å²) < 4.78 is 5.07. The monoisotopic (exact) mass is 368 g/mol. The zero-order valence-corrected chi connectivity index (χ0v) is 15.5. The average molecular weight is 368 g/mol. The van der Waals surface area contributed by atoms with Gasteiger partial charge in [-0.15, -0.1) is 11.3 Å². The Bertz CT molecular complexity index is 662. The molecular formula is C17H24N2O5S. The molecule has 1 fully saturated rings. The molecule has 138 valence electrons. The highest BCUT2D eigenvalue weighted by atomic mass is 32.1. The van der Waals surface area contributed by atoms with E-state index in [0.717, 1.165) is 10.4 Å². The van der Waals surface area contributed by atoms with E-state index < -0.39 is 11.9 Å². The standard InChI is InChI=1S/C17H24N2O5S/c1-4-24-16(22)13-9(2)10(3)25-14(13)19-17(23)18-12-7-5-11(6-8-12)15(20)21/h11-12H,4-8H2,1-3H3,(H,20,21)(H2,18,19,23). The van der Waals surface area contributed by atoms with Crippen molar-refractivity contribution < 1.29 is 24.2 Å². The zero-order chi connectivity index (χ0) is 18.6. The quantitative estimate of drug-likeness (QED) is 0.692. The van der Waals surface area contributed by atoms with Gasteiger partial charge in [-0.3, -0.25) is 10.1 Å². The van der Waals surface area contributed by atoms with Gasteiger partial charge in [0.2, 0.25) is 0 Å². The van der Waals surface area contributed by atoms with Crippen molar-refractivity contribution in [2.24, 2.45) is 5.92 Å². The van der Waals surface area contributed by atoms with Crippen LogP contribution in [0.5, 0.6) is 0 Å². The molecule has 0 aliphatic heterocycles. The molecule has 1 aromatic heterocycles. The molecule has 1 aromatic rings. The van der Waals surface area contributed by atoms with Gasteiger partial charge in [-0.05, 0) is 52.0 Å². The van der Waals surface area contributed by atoms with Crippen LogP contribution in [0, 0.1) is 19.8 Å². The number of nitrogens with one attached hydrogen (secondary N) is 2. The third-order valence-electron chi connectivity index (χ3n) is 4.50. The fourth-order valence-electron chi connectivity index (χ4n) is 2.97. The van der Waals surface area contributed by atoms with Gasteiger partial charge in [-0.1, -0.05) is 0 Å². The van der Waals surface area contributed by atoms with Crippen LogP contribution in [0.4, 0.5) is 9.80 Å². The molecule has 0 saturated heterocycles. The van der Waals surface area contributed by atoms with E-state index in [2.05, 4.69) is 10.6 Å². The first-order chi connectivity index (χ1) is 11.8. The number of ether oxygens (including phenoxy) is 1. The van der Waals surface area contributed by atoms with E-state index in [1.807, 2.05) is 13.8 Å². The SMILES string of the molecule is CCOC(=O)c1c(NC(=O)NC2CCC(C(=O)O)CC2)sc(C)c1C. The number of carboxylic acids is 1. The average Bonchev–Trinajstić information content (AvgIpc) is 2.82. The lowest BCUT2D eigenvalue weighted by atomic mass is 9.86. The van der Waals surface area contributed by atoms with E-state index in [0.29, 0.717) is 36.2 Å². The number of amides is 2. The number of urea groups is 1. The number of carboxylic acid groups (broad SMARTS) is 1. The Labute approximate surface area is 150 Å². The van der Waals surface area contributed by atoms with Crippen molar-refractivity contribution in [2.75, 3.05) is 11.9 Å². The van der Waals surface area contributed by atoms with E-state index in [1.54, 1.807) is 6.92 Å². The van der Waals surface area contributed by atoms with E-state index in [1.165, 1.54) is 11.3 Å². The molecule has 1 saturated carbocycles. The zero-order valence-electron chi connectivity index (χ0n) is 14.7. The number of carbonyl (C=O) groups is 3. The van der Waals surface area contributed by atoms with Crippen LogP contribution < -0.4 is 10.6 Å². The second-order valence-electron chi connectivity index (χ2n) is 6.19. The van der Waals surface area contributed by atoms with Crippen molar-refractivity contribution in [1.29, 1.82) is 0 Å². The first-order valence-corrected chi connectivity index (χ1v) is 9.22. The molecule has 0 unspecified atom stereocenters. The van der Waals surface area contributed by atoms with Crippen LogP contribution in [-0.4, -0.2) is 35.7 Å². The summed E-state index contributed by atoms with van der Waals surface area (Å²) in [6.07, 6.45) is 2.40. The summed E-state index contributed by atoms with van der Waals surface area (Å²) >= 11 is 1.34. The summed E-state index contributed by atoms with van der Waals surface area (Å²) in [5.41, 5.74) is 1.20. The Hall–Kier alpha value is -2.09. The number of rotatable bonds is 5. The third-order valence-corrected chi connectivity index (χ3v) is 5.63. The van der Waals surface area contributed by atoms with Gasteiger partial charge in [0.25, 0.3) is 0 Å². The maximum absolute atomic E-state index is 12.3. The molecule has 0 radical (unpaired) electrons. The lowest BCUT2D eigenvalue weighted by Crippen LogP contribution is -2.41. The smallest absolute Gasteiger partial charge is 0.341 e. The Morgan fingerprint density at radius 3 is 2.40 bits per heavy atom. The predicted octanol–water partition coefficient (Wildman–Crippen LogP) is 3.31. The first kappa shape index (κ1) is 19.2. The van der Waals surface area contributed by atoms with Gasteiger partial charge in [0.05, 0.1) is 18.1 Å². The Balaban J connectivity index is 1.98. The summed E-state index contributed by atoms with van der Waals surface area (Å²) in [5.74, 6) is -1.53. The summed E-state index contributed by atoms with van der Waals surface area (Å²) in [5, 5.41) is 15.1. The molecule has 25 heavy (non-hydrogen) atoms. The molecule has 2 amide bonds. The van der Waals surface area contributed by atoms with Crippen molar-refractivity contribution in [1.82, 2.24) is 5.32 Å². The maximum Gasteiger partial charge on any atom is 0.341 e. The highest BCUT2D eigenvalue weighted by molar-refractivity contribution is 7.16. The number of hydrogen-bond acceptors (Lipinski definition) is 5.